The quantitative estimate of drug-likeness (QED) is 0.430. The Kier molecular flexibility index (Phi) is 4.88. The zero-order chi connectivity index (χ0) is 20.8. The number of sulfonamides is 1. The van der Waals surface area contributed by atoms with Gasteiger partial charge in [-0.25, -0.2) is 8.42 Å². The van der Waals surface area contributed by atoms with Crippen LogP contribution in [0.4, 0.5) is 5.69 Å². The molecule has 0 amide bonds. The normalized spacial score (nSPS) is 24.2. The molecule has 2 heterocycles. The fraction of sp³-hybridized carbons (Fsp3) is 0.273. The van der Waals surface area contributed by atoms with Gasteiger partial charge >= 0.3 is 0 Å². The maximum atomic E-state index is 13.3. The standard InChI is InChI=1S/C22H22N2O4S/c1-15-3-11-20(12-4-15)29(27,28)23-14-18-6-5-16(2)22(23)13-21(18)17-7-9-19(10-8-17)24(25)26/h3-13,16,18,22H,14H2,1-2H3/t16?,18-,22+/m1/s1. The Labute approximate surface area is 170 Å². The highest BCUT2D eigenvalue weighted by Gasteiger charge is 2.40. The van der Waals surface area contributed by atoms with Crippen molar-refractivity contribution in [3.8, 4) is 0 Å². The molecule has 0 fully saturated rings. The van der Waals surface area contributed by atoms with Crippen molar-refractivity contribution in [3.05, 3.63) is 88.0 Å². The van der Waals surface area contributed by atoms with Crippen LogP contribution in [0.5, 0.6) is 0 Å². The number of nitrogens with zero attached hydrogens (tertiary/aromatic N) is 2. The zero-order valence-corrected chi connectivity index (χ0v) is 17.0. The lowest BCUT2D eigenvalue weighted by atomic mass is 9.88. The first-order valence-electron chi connectivity index (χ1n) is 9.51. The van der Waals surface area contributed by atoms with E-state index in [0.717, 1.165) is 16.7 Å². The number of rotatable bonds is 4. The van der Waals surface area contributed by atoms with Crippen molar-refractivity contribution >= 4 is 21.3 Å². The largest absolute Gasteiger partial charge is 0.269 e. The smallest absolute Gasteiger partial charge is 0.258 e. The minimum Gasteiger partial charge on any atom is -0.258 e. The lowest BCUT2D eigenvalue weighted by molar-refractivity contribution is -0.384. The Morgan fingerprint density at radius 1 is 1.03 bits per heavy atom. The van der Waals surface area contributed by atoms with Gasteiger partial charge in [-0.1, -0.05) is 42.8 Å². The third-order valence-corrected chi connectivity index (χ3v) is 7.56. The van der Waals surface area contributed by atoms with Gasteiger partial charge in [0.15, 0.2) is 0 Å². The highest BCUT2D eigenvalue weighted by molar-refractivity contribution is 7.89. The van der Waals surface area contributed by atoms with E-state index < -0.39 is 14.9 Å². The molecule has 5 rings (SSSR count). The number of hydrogen-bond acceptors (Lipinski definition) is 4. The van der Waals surface area contributed by atoms with E-state index >= 15 is 0 Å². The molecule has 0 saturated carbocycles. The van der Waals surface area contributed by atoms with Gasteiger partial charge in [-0.3, -0.25) is 10.1 Å². The minimum atomic E-state index is -3.63. The summed E-state index contributed by atoms with van der Waals surface area (Å²) in [6.07, 6.45) is 6.13. The number of nitro groups is 1. The lowest BCUT2D eigenvalue weighted by Crippen LogP contribution is -2.46. The number of hydrogen-bond donors (Lipinski definition) is 0. The summed E-state index contributed by atoms with van der Waals surface area (Å²) in [5, 5.41) is 10.9. The summed E-state index contributed by atoms with van der Waals surface area (Å²) in [7, 11) is -3.63. The van der Waals surface area contributed by atoms with Gasteiger partial charge in [0.1, 0.15) is 0 Å². The van der Waals surface area contributed by atoms with Crippen molar-refractivity contribution < 1.29 is 13.3 Å². The second kappa shape index (κ2) is 7.24. The summed E-state index contributed by atoms with van der Waals surface area (Å²) in [4.78, 5) is 10.8. The number of fused-ring (bicyclic) bond motifs is 2. The van der Waals surface area contributed by atoms with Crippen molar-refractivity contribution in [3.63, 3.8) is 0 Å². The molecule has 29 heavy (non-hydrogen) atoms. The maximum absolute atomic E-state index is 13.3. The highest BCUT2D eigenvalue weighted by atomic mass is 32.2. The summed E-state index contributed by atoms with van der Waals surface area (Å²) < 4.78 is 28.3. The second-order valence-electron chi connectivity index (χ2n) is 7.65. The molecular formula is C22H22N2O4S. The van der Waals surface area contributed by atoms with E-state index in [1.807, 2.05) is 32.1 Å². The van der Waals surface area contributed by atoms with Crippen molar-refractivity contribution in [2.45, 2.75) is 24.8 Å². The molecule has 1 aliphatic carbocycles. The summed E-state index contributed by atoms with van der Waals surface area (Å²) in [5.74, 6) is -0.0753. The number of non-ortho nitro benzene ring substituents is 1. The van der Waals surface area contributed by atoms with Gasteiger partial charge in [0, 0.05) is 30.6 Å². The summed E-state index contributed by atoms with van der Waals surface area (Å²) in [6.45, 7) is 4.29. The highest BCUT2D eigenvalue weighted by Crippen LogP contribution is 2.39. The molecule has 2 aliphatic heterocycles. The molecule has 0 radical (unpaired) electrons. The number of nitro benzene ring substituents is 1. The van der Waals surface area contributed by atoms with Crippen LogP contribution in [-0.4, -0.2) is 30.2 Å². The van der Waals surface area contributed by atoms with Crippen LogP contribution in [0, 0.1) is 28.9 Å². The van der Waals surface area contributed by atoms with E-state index in [1.54, 1.807) is 28.6 Å². The molecule has 1 unspecified atom stereocenters. The first-order valence-corrected chi connectivity index (χ1v) is 10.9. The first kappa shape index (κ1) is 19.5. The molecule has 2 aromatic rings. The molecular weight excluding hydrogens is 388 g/mol. The number of aryl methyl sites for hydroxylation is 1. The molecule has 0 aromatic heterocycles. The van der Waals surface area contributed by atoms with Gasteiger partial charge in [-0.05, 0) is 48.2 Å². The van der Waals surface area contributed by atoms with Crippen LogP contribution in [0.1, 0.15) is 18.1 Å². The molecule has 2 aromatic carbocycles. The molecule has 0 N–H and O–H groups in total. The van der Waals surface area contributed by atoms with Crippen LogP contribution in [0.15, 0.2) is 71.7 Å². The fourth-order valence-corrected chi connectivity index (χ4v) is 5.68. The molecule has 6 nitrogen and oxygen atoms in total. The Balaban J connectivity index is 1.73. The van der Waals surface area contributed by atoms with E-state index in [1.165, 1.54) is 12.1 Å². The van der Waals surface area contributed by atoms with E-state index in [4.69, 9.17) is 0 Å². The van der Waals surface area contributed by atoms with Crippen LogP contribution in [0.3, 0.4) is 0 Å². The molecule has 2 bridgehead atoms. The van der Waals surface area contributed by atoms with Crippen molar-refractivity contribution in [1.29, 1.82) is 0 Å². The van der Waals surface area contributed by atoms with Crippen LogP contribution in [-0.2, 0) is 10.0 Å². The average molecular weight is 410 g/mol. The van der Waals surface area contributed by atoms with Crippen molar-refractivity contribution in [1.82, 2.24) is 4.31 Å². The Morgan fingerprint density at radius 2 is 1.69 bits per heavy atom. The van der Waals surface area contributed by atoms with Gasteiger partial charge in [0.2, 0.25) is 10.0 Å². The van der Waals surface area contributed by atoms with E-state index in [-0.39, 0.29) is 23.6 Å². The number of benzene rings is 2. The molecule has 0 saturated heterocycles. The summed E-state index contributed by atoms with van der Waals surface area (Å²) in [6, 6.07) is 13.1. The van der Waals surface area contributed by atoms with Gasteiger partial charge < -0.3 is 0 Å². The van der Waals surface area contributed by atoms with Crippen LogP contribution in [0.2, 0.25) is 0 Å². The maximum Gasteiger partial charge on any atom is 0.269 e. The molecule has 7 heteroatoms. The third kappa shape index (κ3) is 3.52. The van der Waals surface area contributed by atoms with Gasteiger partial charge in [-0.15, -0.1) is 0 Å². The Bertz CT molecular complexity index is 1100. The Morgan fingerprint density at radius 3 is 2.31 bits per heavy atom. The van der Waals surface area contributed by atoms with Gasteiger partial charge in [0.05, 0.1) is 9.82 Å². The van der Waals surface area contributed by atoms with E-state index in [0.29, 0.717) is 11.4 Å². The average Bonchev–Trinajstić information content (AvgIpc) is 2.97. The monoisotopic (exact) mass is 410 g/mol. The Hall–Kier alpha value is -2.77. The van der Waals surface area contributed by atoms with E-state index in [9.17, 15) is 18.5 Å². The summed E-state index contributed by atoms with van der Waals surface area (Å²) >= 11 is 0. The minimum absolute atomic E-state index is 0.0239. The SMILES string of the molecule is Cc1ccc(S(=O)(=O)N2C[C@H]3C=CC(C)[C@@H]2C=C3c2ccc([N+](=O)[O-])cc2)cc1. The topological polar surface area (TPSA) is 80.5 Å². The van der Waals surface area contributed by atoms with Crippen LogP contribution >= 0.6 is 0 Å². The second-order valence-corrected chi connectivity index (χ2v) is 9.55. The van der Waals surface area contributed by atoms with Gasteiger partial charge in [-0.2, -0.15) is 4.31 Å². The molecule has 0 spiro atoms. The van der Waals surface area contributed by atoms with Crippen molar-refractivity contribution in [2.24, 2.45) is 11.8 Å². The predicted octanol–water partition coefficient (Wildman–Crippen LogP) is 4.18. The predicted molar refractivity (Wildman–Crippen MR) is 112 cm³/mol. The first-order chi connectivity index (χ1) is 13.8. The zero-order valence-electron chi connectivity index (χ0n) is 16.2. The van der Waals surface area contributed by atoms with Crippen molar-refractivity contribution in [2.75, 3.05) is 6.54 Å². The molecule has 3 atom stereocenters. The van der Waals surface area contributed by atoms with Crippen LogP contribution in [0.25, 0.3) is 5.57 Å². The fourth-order valence-electron chi connectivity index (χ4n) is 4.00. The third-order valence-electron chi connectivity index (χ3n) is 5.68. The molecule has 3 aliphatic rings. The molecule has 150 valence electrons. The van der Waals surface area contributed by atoms with Gasteiger partial charge in [0.25, 0.3) is 5.69 Å². The van der Waals surface area contributed by atoms with E-state index in [2.05, 4.69) is 12.2 Å². The lowest BCUT2D eigenvalue weighted by Gasteiger charge is -2.37. The van der Waals surface area contributed by atoms with Crippen LogP contribution < -0.4 is 0 Å². The summed E-state index contributed by atoms with van der Waals surface area (Å²) in [5.41, 5.74) is 2.95.